The molecule has 3 heterocycles. The molecule has 1 saturated carbocycles. The molecule has 1 amide bonds. The van der Waals surface area contributed by atoms with E-state index < -0.39 is 47.3 Å². The van der Waals surface area contributed by atoms with Gasteiger partial charge in [0.1, 0.15) is 35.9 Å². The molecule has 0 bridgehead atoms. The molecule has 1 aliphatic carbocycles. The Morgan fingerprint density at radius 3 is 2.43 bits per heavy atom. The number of hydrogen-bond donors (Lipinski definition) is 4. The fourth-order valence-corrected chi connectivity index (χ4v) is 7.74. The van der Waals surface area contributed by atoms with Gasteiger partial charge in [-0.3, -0.25) is 9.69 Å². The van der Waals surface area contributed by atoms with Crippen molar-refractivity contribution in [3.63, 3.8) is 0 Å². The Morgan fingerprint density at radius 2 is 1.77 bits per heavy atom. The average molecular weight is 535 g/mol. The molecular weight excluding hydrogens is 492 g/mol. The number of thioether (sulfide) groups is 1. The van der Waals surface area contributed by atoms with Crippen LogP contribution in [-0.2, 0) is 14.3 Å². The zero-order valence-electron chi connectivity index (χ0n) is 21.1. The van der Waals surface area contributed by atoms with Crippen LogP contribution in [-0.4, -0.2) is 106 Å². The number of hydrogen-bond acceptors (Lipinski definition) is 8. The predicted molar refractivity (Wildman–Crippen MR) is 136 cm³/mol. The average Bonchev–Trinajstić information content (AvgIpc) is 3.01. The SMILES string of the molecule is CSC1O[C@H]([C@H](NC(=O)[C@@H]2[C@@H]3OCC[C@@H](C4CCCCC4)C[C@H]3CN2C)[C@H](C)Cl)C(O)[C@@H](O)[C@H]1O. The fourth-order valence-electron chi connectivity index (χ4n) is 6.85. The second-order valence-electron chi connectivity index (χ2n) is 11.1. The van der Waals surface area contributed by atoms with Crippen LogP contribution in [0.15, 0.2) is 0 Å². The van der Waals surface area contributed by atoms with Crippen molar-refractivity contribution in [1.29, 1.82) is 0 Å². The minimum atomic E-state index is -1.39. The molecule has 202 valence electrons. The van der Waals surface area contributed by atoms with E-state index in [0.29, 0.717) is 18.4 Å². The van der Waals surface area contributed by atoms with E-state index in [2.05, 4.69) is 10.2 Å². The van der Waals surface area contributed by atoms with E-state index in [4.69, 9.17) is 21.1 Å². The molecule has 3 saturated heterocycles. The van der Waals surface area contributed by atoms with Crippen LogP contribution in [0.25, 0.3) is 0 Å². The van der Waals surface area contributed by atoms with Crippen LogP contribution in [0.2, 0.25) is 0 Å². The molecule has 0 spiro atoms. The van der Waals surface area contributed by atoms with Crippen LogP contribution >= 0.6 is 23.4 Å². The Hall–Kier alpha value is -0.130. The number of halogens is 1. The summed E-state index contributed by atoms with van der Waals surface area (Å²) in [6.07, 6.45) is 5.45. The third-order valence-electron chi connectivity index (χ3n) is 8.76. The second kappa shape index (κ2) is 12.2. The molecule has 4 fully saturated rings. The van der Waals surface area contributed by atoms with Crippen molar-refractivity contribution in [3.8, 4) is 0 Å². The highest BCUT2D eigenvalue weighted by Crippen LogP contribution is 2.41. The van der Waals surface area contributed by atoms with Crippen LogP contribution in [0.1, 0.15) is 51.9 Å². The highest BCUT2D eigenvalue weighted by molar-refractivity contribution is 7.99. The molecule has 4 N–H and O–H groups in total. The smallest absolute Gasteiger partial charge is 0.240 e. The molecule has 11 atom stereocenters. The van der Waals surface area contributed by atoms with E-state index in [1.165, 1.54) is 43.9 Å². The van der Waals surface area contributed by atoms with Crippen molar-refractivity contribution in [2.75, 3.05) is 26.5 Å². The summed E-state index contributed by atoms with van der Waals surface area (Å²) in [5.41, 5.74) is -0.728. The van der Waals surface area contributed by atoms with E-state index in [1.54, 1.807) is 13.2 Å². The van der Waals surface area contributed by atoms with Crippen molar-refractivity contribution in [3.05, 3.63) is 0 Å². The first kappa shape index (κ1) is 27.9. The Kier molecular flexibility index (Phi) is 9.69. The molecule has 35 heavy (non-hydrogen) atoms. The molecule has 4 aliphatic rings. The fraction of sp³-hybridized carbons (Fsp3) is 0.960. The minimum absolute atomic E-state index is 0.177. The monoisotopic (exact) mass is 534 g/mol. The van der Waals surface area contributed by atoms with Gasteiger partial charge >= 0.3 is 0 Å². The van der Waals surface area contributed by atoms with E-state index in [9.17, 15) is 20.1 Å². The normalized spacial score (nSPS) is 43.2. The van der Waals surface area contributed by atoms with Gasteiger partial charge in [0.2, 0.25) is 5.91 Å². The van der Waals surface area contributed by atoms with Gasteiger partial charge in [0.25, 0.3) is 0 Å². The Labute approximate surface area is 218 Å². The predicted octanol–water partition coefficient (Wildman–Crippen LogP) is 1.57. The van der Waals surface area contributed by atoms with Crippen molar-refractivity contribution in [2.45, 2.75) is 105 Å². The Bertz CT molecular complexity index is 711. The number of likely N-dealkylation sites (tertiary alicyclic amines) is 1. The first-order chi connectivity index (χ1) is 16.7. The van der Waals surface area contributed by atoms with Gasteiger partial charge in [0.15, 0.2) is 0 Å². The summed E-state index contributed by atoms with van der Waals surface area (Å²) in [5, 5.41) is 33.7. The van der Waals surface area contributed by atoms with Crippen LogP contribution in [0.5, 0.6) is 0 Å². The van der Waals surface area contributed by atoms with E-state index in [1.807, 2.05) is 7.05 Å². The van der Waals surface area contributed by atoms with Crippen molar-refractivity contribution >= 4 is 29.3 Å². The number of fused-ring (bicyclic) bond motifs is 1. The summed E-state index contributed by atoms with van der Waals surface area (Å²) < 4.78 is 12.2. The Balaban J connectivity index is 1.45. The highest BCUT2D eigenvalue weighted by Gasteiger charge is 2.51. The zero-order valence-corrected chi connectivity index (χ0v) is 22.7. The molecule has 2 unspecified atom stereocenters. The number of rotatable bonds is 6. The summed E-state index contributed by atoms with van der Waals surface area (Å²) in [5.74, 6) is 1.55. The zero-order chi connectivity index (χ0) is 25.3. The van der Waals surface area contributed by atoms with Gasteiger partial charge in [0.05, 0.1) is 17.5 Å². The lowest BCUT2D eigenvalue weighted by Crippen LogP contribution is -2.65. The summed E-state index contributed by atoms with van der Waals surface area (Å²) >= 11 is 7.71. The van der Waals surface area contributed by atoms with Gasteiger partial charge in [0, 0.05) is 19.1 Å². The van der Waals surface area contributed by atoms with Crippen molar-refractivity contribution in [1.82, 2.24) is 10.2 Å². The summed E-state index contributed by atoms with van der Waals surface area (Å²) in [6.45, 7) is 3.22. The van der Waals surface area contributed by atoms with Gasteiger partial charge in [-0.1, -0.05) is 32.1 Å². The molecule has 0 aromatic rings. The molecule has 0 aromatic heterocycles. The number of ether oxygens (including phenoxy) is 2. The van der Waals surface area contributed by atoms with Crippen molar-refractivity contribution < 1.29 is 29.6 Å². The maximum Gasteiger partial charge on any atom is 0.240 e. The molecule has 3 aliphatic heterocycles. The maximum absolute atomic E-state index is 13.6. The van der Waals surface area contributed by atoms with Gasteiger partial charge in [-0.2, -0.15) is 0 Å². The van der Waals surface area contributed by atoms with Gasteiger partial charge in [-0.15, -0.1) is 23.4 Å². The molecule has 10 heteroatoms. The number of likely N-dealkylation sites (N-methyl/N-ethyl adjacent to an activating group) is 1. The lowest BCUT2D eigenvalue weighted by molar-refractivity contribution is -0.205. The number of carbonyl (C=O) groups is 1. The van der Waals surface area contributed by atoms with Gasteiger partial charge in [-0.05, 0) is 44.9 Å². The number of nitrogens with zero attached hydrogens (tertiary/aromatic N) is 1. The lowest BCUT2D eigenvalue weighted by Gasteiger charge is -2.44. The van der Waals surface area contributed by atoms with Crippen LogP contribution in [0.3, 0.4) is 0 Å². The summed E-state index contributed by atoms with van der Waals surface area (Å²) in [6, 6.07) is -1.19. The van der Waals surface area contributed by atoms with E-state index in [0.717, 1.165) is 25.3 Å². The quantitative estimate of drug-likeness (QED) is 0.380. The van der Waals surface area contributed by atoms with Crippen LogP contribution in [0, 0.1) is 17.8 Å². The topological polar surface area (TPSA) is 111 Å². The molecule has 0 aromatic carbocycles. The first-order valence-corrected chi connectivity index (χ1v) is 14.9. The number of alkyl halides is 1. The molecule has 8 nitrogen and oxygen atoms in total. The summed E-state index contributed by atoms with van der Waals surface area (Å²) in [7, 11) is 1.97. The number of carbonyl (C=O) groups excluding carboxylic acids is 1. The largest absolute Gasteiger partial charge is 0.388 e. The van der Waals surface area contributed by atoms with Crippen molar-refractivity contribution in [2.24, 2.45) is 17.8 Å². The first-order valence-electron chi connectivity index (χ1n) is 13.2. The number of nitrogens with one attached hydrogen (secondary N) is 1. The molecule has 4 rings (SSSR count). The number of aliphatic hydroxyl groups excluding tert-OH is 3. The second-order valence-corrected chi connectivity index (χ2v) is 12.7. The third kappa shape index (κ3) is 5.98. The standard InChI is InChI=1S/C25H43ClN2O6S/c1-13(26)17(23-20(30)19(29)21(31)25(34-23)35-3)27-24(32)18-22-16(12-28(18)2)11-15(9-10-33-22)14-7-5-4-6-8-14/h13-23,25,29-31H,4-12H2,1-3H3,(H,27,32)/t13-,15+,16-,17+,18-,19+,20?,21+,22+,23+,25?/m0/s1. The third-order valence-corrected chi connectivity index (χ3v) is 9.89. The van der Waals surface area contributed by atoms with Gasteiger partial charge < -0.3 is 30.1 Å². The van der Waals surface area contributed by atoms with Crippen LogP contribution < -0.4 is 5.32 Å². The Morgan fingerprint density at radius 1 is 1.06 bits per heavy atom. The lowest BCUT2D eigenvalue weighted by atomic mass is 9.75. The summed E-state index contributed by atoms with van der Waals surface area (Å²) in [4.78, 5) is 15.7. The number of amides is 1. The molecular formula is C25H43ClN2O6S. The number of aliphatic hydroxyl groups is 3. The minimum Gasteiger partial charge on any atom is -0.388 e. The van der Waals surface area contributed by atoms with Crippen LogP contribution in [0.4, 0.5) is 0 Å². The highest BCUT2D eigenvalue weighted by atomic mass is 35.5. The van der Waals surface area contributed by atoms with Gasteiger partial charge in [-0.25, -0.2) is 0 Å². The molecule has 0 radical (unpaired) electrons. The van der Waals surface area contributed by atoms with E-state index in [-0.39, 0.29) is 12.0 Å². The maximum atomic E-state index is 13.6. The van der Waals surface area contributed by atoms with E-state index >= 15 is 0 Å².